The van der Waals surface area contributed by atoms with E-state index in [0.29, 0.717) is 0 Å². The number of rotatable bonds is 4. The second kappa shape index (κ2) is 9.68. The molecule has 0 aromatic rings. The summed E-state index contributed by atoms with van der Waals surface area (Å²) < 4.78 is 0. The monoisotopic (exact) mass is 174 g/mol. The lowest BCUT2D eigenvalue weighted by Crippen LogP contribution is -1.98. The lowest BCUT2D eigenvalue weighted by molar-refractivity contribution is -0.138. The van der Waals surface area contributed by atoms with E-state index < -0.39 is 11.9 Å². The molecule has 0 atom stereocenters. The third-order valence-electron chi connectivity index (χ3n) is 0.781. The van der Waals surface area contributed by atoms with Crippen molar-refractivity contribution in [1.82, 2.24) is 0 Å². The van der Waals surface area contributed by atoms with Crippen LogP contribution in [0.1, 0.15) is 26.2 Å². The van der Waals surface area contributed by atoms with Crippen LogP contribution in [0.2, 0.25) is 0 Å². The first-order chi connectivity index (χ1) is 5.54. The summed E-state index contributed by atoms with van der Waals surface area (Å²) in [6, 6.07) is 0. The van der Waals surface area contributed by atoms with Crippen molar-refractivity contribution in [3.05, 3.63) is 12.7 Å². The second-order valence-electron chi connectivity index (χ2n) is 2.05. The minimum Gasteiger partial charge on any atom is -0.481 e. The number of carboxylic acids is 2. The third kappa shape index (κ3) is 23.4. The van der Waals surface area contributed by atoms with E-state index in [1.807, 2.05) is 6.92 Å². The molecule has 12 heavy (non-hydrogen) atoms. The first kappa shape index (κ1) is 13.3. The molecule has 0 bridgehead atoms. The molecule has 2 N–H and O–H groups in total. The van der Waals surface area contributed by atoms with Gasteiger partial charge in [-0.15, -0.1) is 6.58 Å². The standard InChI is InChI=1S/C5H8O4.C3H6/c6-4(7)2-1-3-5(8)9;1-3-2/h1-3H2,(H,6,7)(H,8,9);3H,1H2,2H3. The van der Waals surface area contributed by atoms with Gasteiger partial charge in [0, 0.05) is 12.8 Å². The number of aliphatic carboxylic acids is 2. The molecule has 0 aliphatic carbocycles. The molecule has 0 spiro atoms. The number of hydrogen-bond acceptors (Lipinski definition) is 2. The molecule has 0 rings (SSSR count). The maximum absolute atomic E-state index is 9.79. The minimum absolute atomic E-state index is 0.0632. The minimum atomic E-state index is -0.948. The third-order valence-corrected chi connectivity index (χ3v) is 0.781. The van der Waals surface area contributed by atoms with Crippen molar-refractivity contribution in [1.29, 1.82) is 0 Å². The van der Waals surface area contributed by atoms with Gasteiger partial charge < -0.3 is 10.2 Å². The molecule has 4 nitrogen and oxygen atoms in total. The fourth-order valence-corrected chi connectivity index (χ4v) is 0.391. The topological polar surface area (TPSA) is 74.6 Å². The van der Waals surface area contributed by atoms with Crippen LogP contribution in [0, 0.1) is 0 Å². The van der Waals surface area contributed by atoms with Crippen LogP contribution in [0.4, 0.5) is 0 Å². The van der Waals surface area contributed by atoms with Crippen molar-refractivity contribution in [2.75, 3.05) is 0 Å². The predicted octanol–water partition coefficient (Wildman–Crippen LogP) is 1.52. The van der Waals surface area contributed by atoms with Crippen LogP contribution in [-0.2, 0) is 9.59 Å². The molecule has 0 aromatic heterocycles. The van der Waals surface area contributed by atoms with Crippen molar-refractivity contribution in [3.8, 4) is 0 Å². The van der Waals surface area contributed by atoms with Gasteiger partial charge in [-0.1, -0.05) is 6.08 Å². The van der Waals surface area contributed by atoms with Gasteiger partial charge in [-0.25, -0.2) is 0 Å². The van der Waals surface area contributed by atoms with Gasteiger partial charge in [-0.3, -0.25) is 9.59 Å². The van der Waals surface area contributed by atoms with E-state index in [1.165, 1.54) is 0 Å². The van der Waals surface area contributed by atoms with Gasteiger partial charge in [0.05, 0.1) is 0 Å². The Morgan fingerprint density at radius 2 is 1.50 bits per heavy atom. The molecule has 0 aromatic carbocycles. The van der Waals surface area contributed by atoms with Crippen molar-refractivity contribution in [3.63, 3.8) is 0 Å². The average molecular weight is 174 g/mol. The highest BCUT2D eigenvalue weighted by molar-refractivity contribution is 5.69. The molecular weight excluding hydrogens is 160 g/mol. The quantitative estimate of drug-likeness (QED) is 0.633. The van der Waals surface area contributed by atoms with Crippen molar-refractivity contribution >= 4 is 11.9 Å². The van der Waals surface area contributed by atoms with E-state index in [1.54, 1.807) is 6.08 Å². The summed E-state index contributed by atoms with van der Waals surface area (Å²) >= 11 is 0. The largest absolute Gasteiger partial charge is 0.481 e. The Labute approximate surface area is 71.5 Å². The highest BCUT2D eigenvalue weighted by Crippen LogP contribution is 1.93. The zero-order chi connectivity index (χ0) is 9.98. The number of hydrogen-bond donors (Lipinski definition) is 2. The number of carboxylic acid groups (broad SMARTS) is 2. The van der Waals surface area contributed by atoms with Crippen LogP contribution < -0.4 is 0 Å². The predicted molar refractivity (Wildman–Crippen MR) is 45.0 cm³/mol. The lowest BCUT2D eigenvalue weighted by Gasteiger charge is -1.89. The summed E-state index contributed by atoms with van der Waals surface area (Å²) in [4.78, 5) is 19.6. The van der Waals surface area contributed by atoms with Gasteiger partial charge in [0.1, 0.15) is 0 Å². The van der Waals surface area contributed by atoms with Crippen LogP contribution >= 0.6 is 0 Å². The highest BCUT2D eigenvalue weighted by atomic mass is 16.4. The van der Waals surface area contributed by atoms with Gasteiger partial charge >= 0.3 is 11.9 Å². The Kier molecular flexibility index (Phi) is 10.7. The summed E-state index contributed by atoms with van der Waals surface area (Å²) in [6.45, 7) is 5.25. The lowest BCUT2D eigenvalue weighted by atomic mass is 10.2. The van der Waals surface area contributed by atoms with E-state index in [0.717, 1.165) is 0 Å². The zero-order valence-electron chi connectivity index (χ0n) is 7.12. The Balaban J connectivity index is 0. The van der Waals surface area contributed by atoms with Crippen LogP contribution in [0.5, 0.6) is 0 Å². The zero-order valence-corrected chi connectivity index (χ0v) is 7.12. The van der Waals surface area contributed by atoms with Gasteiger partial charge in [0.15, 0.2) is 0 Å². The van der Waals surface area contributed by atoms with E-state index in [-0.39, 0.29) is 19.3 Å². The fourth-order valence-electron chi connectivity index (χ4n) is 0.391. The summed E-state index contributed by atoms with van der Waals surface area (Å²) in [5, 5.41) is 16.1. The van der Waals surface area contributed by atoms with Crippen molar-refractivity contribution in [2.24, 2.45) is 0 Å². The molecule has 0 fully saturated rings. The summed E-state index contributed by atoms with van der Waals surface area (Å²) in [5.74, 6) is -1.90. The molecule has 0 aliphatic heterocycles. The molecule has 0 radical (unpaired) electrons. The second-order valence-corrected chi connectivity index (χ2v) is 2.05. The molecule has 0 saturated heterocycles. The van der Waals surface area contributed by atoms with Gasteiger partial charge in [0.25, 0.3) is 0 Å². The average Bonchev–Trinajstić information content (AvgIpc) is 1.87. The Hall–Kier alpha value is -1.32. The van der Waals surface area contributed by atoms with E-state index >= 15 is 0 Å². The molecule has 70 valence electrons. The molecule has 0 unspecified atom stereocenters. The normalized spacial score (nSPS) is 7.75. The van der Waals surface area contributed by atoms with Crippen molar-refractivity contribution < 1.29 is 19.8 Å². The van der Waals surface area contributed by atoms with Crippen LogP contribution in [0.25, 0.3) is 0 Å². The summed E-state index contributed by atoms with van der Waals surface area (Å²) in [6.07, 6.45) is 1.84. The molecule has 0 saturated carbocycles. The number of carbonyl (C=O) groups is 2. The van der Waals surface area contributed by atoms with Crippen LogP contribution in [0.3, 0.4) is 0 Å². The van der Waals surface area contributed by atoms with Gasteiger partial charge in [-0.05, 0) is 13.3 Å². The first-order valence-corrected chi connectivity index (χ1v) is 3.55. The molecule has 0 aliphatic rings. The molecule has 4 heteroatoms. The maximum atomic E-state index is 9.79. The van der Waals surface area contributed by atoms with E-state index in [2.05, 4.69) is 6.58 Å². The van der Waals surface area contributed by atoms with Crippen molar-refractivity contribution in [2.45, 2.75) is 26.2 Å². The van der Waals surface area contributed by atoms with Crippen LogP contribution in [0.15, 0.2) is 12.7 Å². The Morgan fingerprint density at radius 3 is 1.67 bits per heavy atom. The molecular formula is C8H14O4. The Bertz CT molecular complexity index is 137. The smallest absolute Gasteiger partial charge is 0.303 e. The highest BCUT2D eigenvalue weighted by Gasteiger charge is 1.99. The fraction of sp³-hybridized carbons (Fsp3) is 0.500. The van der Waals surface area contributed by atoms with E-state index in [4.69, 9.17) is 10.2 Å². The Morgan fingerprint density at radius 1 is 1.25 bits per heavy atom. The van der Waals surface area contributed by atoms with Gasteiger partial charge in [-0.2, -0.15) is 0 Å². The SMILES string of the molecule is C=CC.O=C(O)CCCC(=O)O. The first-order valence-electron chi connectivity index (χ1n) is 3.55. The van der Waals surface area contributed by atoms with E-state index in [9.17, 15) is 9.59 Å². The maximum Gasteiger partial charge on any atom is 0.303 e. The summed E-state index contributed by atoms with van der Waals surface area (Å²) in [5.41, 5.74) is 0. The summed E-state index contributed by atoms with van der Waals surface area (Å²) in [7, 11) is 0. The number of allylic oxidation sites excluding steroid dienone is 1. The van der Waals surface area contributed by atoms with Crippen LogP contribution in [-0.4, -0.2) is 22.2 Å². The van der Waals surface area contributed by atoms with Gasteiger partial charge in [0.2, 0.25) is 0 Å². The molecule has 0 amide bonds. The molecule has 0 heterocycles.